The summed E-state index contributed by atoms with van der Waals surface area (Å²) in [7, 11) is 0. The van der Waals surface area contributed by atoms with Crippen LogP contribution in [0.3, 0.4) is 0 Å². The predicted molar refractivity (Wildman–Crippen MR) is 66.1 cm³/mol. The second-order valence-electron chi connectivity index (χ2n) is 4.05. The Kier molecular flexibility index (Phi) is 4.19. The minimum Gasteiger partial charge on any atom is -0.494 e. The van der Waals surface area contributed by atoms with Crippen LogP contribution in [0.1, 0.15) is 24.3 Å². The third-order valence-electron chi connectivity index (χ3n) is 2.52. The molecule has 0 saturated carbocycles. The van der Waals surface area contributed by atoms with Crippen LogP contribution < -0.4 is 4.74 Å². The van der Waals surface area contributed by atoms with Crippen molar-refractivity contribution in [3.63, 3.8) is 0 Å². The van der Waals surface area contributed by atoms with Gasteiger partial charge in [0.1, 0.15) is 11.5 Å². The zero-order chi connectivity index (χ0) is 11.9. The fourth-order valence-electron chi connectivity index (χ4n) is 1.65. The van der Waals surface area contributed by atoms with Crippen LogP contribution in [0.4, 0.5) is 0 Å². The topological polar surface area (TPSA) is 35.3 Å². The van der Waals surface area contributed by atoms with E-state index in [-0.39, 0.29) is 0 Å². The lowest BCUT2D eigenvalue weighted by atomic mass is 10.2. The number of ether oxygens (including phenoxy) is 1. The Morgan fingerprint density at radius 1 is 1.18 bits per heavy atom. The van der Waals surface area contributed by atoms with Crippen LogP contribution in [0.25, 0.3) is 0 Å². The summed E-state index contributed by atoms with van der Waals surface area (Å²) in [4.78, 5) is 0. The molecule has 0 atom stereocenters. The SMILES string of the molecule is Cc1cc(CCCCOc2ccccc2)no1. The number of hydrogen-bond acceptors (Lipinski definition) is 3. The Bertz CT molecular complexity index is 436. The van der Waals surface area contributed by atoms with Crippen LogP contribution in [0, 0.1) is 6.92 Å². The lowest BCUT2D eigenvalue weighted by Crippen LogP contribution is -1.98. The van der Waals surface area contributed by atoms with Crippen molar-refractivity contribution in [1.82, 2.24) is 5.16 Å². The summed E-state index contributed by atoms with van der Waals surface area (Å²) in [6.07, 6.45) is 3.05. The van der Waals surface area contributed by atoms with E-state index in [2.05, 4.69) is 5.16 Å². The van der Waals surface area contributed by atoms with E-state index in [1.54, 1.807) is 0 Å². The zero-order valence-electron chi connectivity index (χ0n) is 10.1. The van der Waals surface area contributed by atoms with Crippen molar-refractivity contribution in [2.24, 2.45) is 0 Å². The van der Waals surface area contributed by atoms with Crippen LogP contribution in [0.15, 0.2) is 40.9 Å². The highest BCUT2D eigenvalue weighted by Gasteiger charge is 1.99. The number of hydrogen-bond donors (Lipinski definition) is 0. The first-order valence-electron chi connectivity index (χ1n) is 5.94. The van der Waals surface area contributed by atoms with E-state index < -0.39 is 0 Å². The molecular formula is C14H17NO2. The van der Waals surface area contributed by atoms with Gasteiger partial charge in [-0.3, -0.25) is 0 Å². The van der Waals surface area contributed by atoms with E-state index in [1.165, 1.54) is 0 Å². The molecule has 0 unspecified atom stereocenters. The first-order valence-corrected chi connectivity index (χ1v) is 5.94. The highest BCUT2D eigenvalue weighted by atomic mass is 16.5. The Morgan fingerprint density at radius 3 is 2.71 bits per heavy atom. The zero-order valence-corrected chi connectivity index (χ0v) is 10.1. The quantitative estimate of drug-likeness (QED) is 0.715. The number of benzene rings is 1. The van der Waals surface area contributed by atoms with E-state index in [1.807, 2.05) is 43.3 Å². The number of nitrogens with zero attached hydrogens (tertiary/aromatic N) is 1. The molecular weight excluding hydrogens is 214 g/mol. The van der Waals surface area contributed by atoms with Crippen LogP contribution in [0.2, 0.25) is 0 Å². The van der Waals surface area contributed by atoms with Gasteiger partial charge in [0.25, 0.3) is 0 Å². The van der Waals surface area contributed by atoms with Gasteiger partial charge in [0.2, 0.25) is 0 Å². The third-order valence-corrected chi connectivity index (χ3v) is 2.52. The van der Waals surface area contributed by atoms with Crippen LogP contribution in [-0.4, -0.2) is 11.8 Å². The fraction of sp³-hybridized carbons (Fsp3) is 0.357. The van der Waals surface area contributed by atoms with Crippen molar-refractivity contribution in [2.45, 2.75) is 26.2 Å². The van der Waals surface area contributed by atoms with Crippen molar-refractivity contribution in [1.29, 1.82) is 0 Å². The average Bonchev–Trinajstić information content (AvgIpc) is 2.76. The highest BCUT2D eigenvalue weighted by Crippen LogP contribution is 2.10. The summed E-state index contributed by atoms with van der Waals surface area (Å²) in [6, 6.07) is 11.9. The number of unbranched alkanes of at least 4 members (excludes halogenated alkanes) is 1. The Morgan fingerprint density at radius 2 is 2.00 bits per heavy atom. The number of para-hydroxylation sites is 1. The van der Waals surface area contributed by atoms with Gasteiger partial charge in [-0.25, -0.2) is 0 Å². The molecule has 0 aliphatic carbocycles. The molecule has 0 amide bonds. The summed E-state index contributed by atoms with van der Waals surface area (Å²) in [6.45, 7) is 2.66. The molecule has 2 aromatic rings. The Balaban J connectivity index is 1.61. The number of aromatic nitrogens is 1. The first-order chi connectivity index (χ1) is 8.34. The molecule has 0 spiro atoms. The molecule has 3 heteroatoms. The second-order valence-corrected chi connectivity index (χ2v) is 4.05. The van der Waals surface area contributed by atoms with Gasteiger partial charge in [-0.2, -0.15) is 0 Å². The van der Waals surface area contributed by atoms with Gasteiger partial charge in [-0.05, 0) is 38.3 Å². The molecule has 90 valence electrons. The summed E-state index contributed by atoms with van der Waals surface area (Å²) in [5.41, 5.74) is 1.03. The largest absolute Gasteiger partial charge is 0.494 e. The summed E-state index contributed by atoms with van der Waals surface area (Å²) in [5.74, 6) is 1.81. The Hall–Kier alpha value is -1.77. The van der Waals surface area contributed by atoms with E-state index >= 15 is 0 Å². The molecule has 0 saturated heterocycles. The van der Waals surface area contributed by atoms with Gasteiger partial charge >= 0.3 is 0 Å². The summed E-state index contributed by atoms with van der Waals surface area (Å²) < 4.78 is 10.6. The van der Waals surface area contributed by atoms with Gasteiger partial charge in [0.15, 0.2) is 0 Å². The minimum absolute atomic E-state index is 0.751. The van der Waals surface area contributed by atoms with Gasteiger partial charge < -0.3 is 9.26 Å². The van der Waals surface area contributed by atoms with Crippen molar-refractivity contribution in [3.8, 4) is 5.75 Å². The monoisotopic (exact) mass is 231 g/mol. The van der Waals surface area contributed by atoms with E-state index in [4.69, 9.17) is 9.26 Å². The lowest BCUT2D eigenvalue weighted by molar-refractivity contribution is 0.306. The van der Waals surface area contributed by atoms with Crippen LogP contribution >= 0.6 is 0 Å². The average molecular weight is 231 g/mol. The van der Waals surface area contributed by atoms with Crippen molar-refractivity contribution in [2.75, 3.05) is 6.61 Å². The van der Waals surface area contributed by atoms with Gasteiger partial charge in [0, 0.05) is 6.07 Å². The maximum Gasteiger partial charge on any atom is 0.133 e. The molecule has 1 aromatic carbocycles. The molecule has 17 heavy (non-hydrogen) atoms. The van der Waals surface area contributed by atoms with E-state index in [0.29, 0.717) is 0 Å². The second kappa shape index (κ2) is 6.09. The molecule has 2 rings (SSSR count). The molecule has 1 aromatic heterocycles. The van der Waals surface area contributed by atoms with E-state index in [0.717, 1.165) is 43.1 Å². The molecule has 0 radical (unpaired) electrons. The molecule has 0 aliphatic rings. The standard InChI is InChI=1S/C14H17NO2/c1-12-11-13(15-17-12)7-5-6-10-16-14-8-3-2-4-9-14/h2-4,8-9,11H,5-7,10H2,1H3. The minimum atomic E-state index is 0.751. The normalized spacial score (nSPS) is 10.4. The van der Waals surface area contributed by atoms with Crippen molar-refractivity contribution < 1.29 is 9.26 Å². The smallest absolute Gasteiger partial charge is 0.133 e. The fourth-order valence-corrected chi connectivity index (χ4v) is 1.65. The predicted octanol–water partition coefficient (Wildman–Crippen LogP) is 3.38. The van der Waals surface area contributed by atoms with Gasteiger partial charge in [0.05, 0.1) is 12.3 Å². The number of aryl methyl sites for hydroxylation is 2. The molecule has 1 heterocycles. The Labute approximate surface area is 101 Å². The van der Waals surface area contributed by atoms with Gasteiger partial charge in [-0.15, -0.1) is 0 Å². The van der Waals surface area contributed by atoms with Crippen LogP contribution in [0.5, 0.6) is 5.75 Å². The first kappa shape index (κ1) is 11.7. The number of rotatable bonds is 6. The summed E-state index contributed by atoms with van der Waals surface area (Å²) in [5, 5.41) is 3.96. The van der Waals surface area contributed by atoms with Gasteiger partial charge in [-0.1, -0.05) is 23.4 Å². The molecule has 0 fully saturated rings. The highest BCUT2D eigenvalue weighted by molar-refractivity contribution is 5.20. The maximum atomic E-state index is 5.61. The van der Waals surface area contributed by atoms with Crippen molar-refractivity contribution in [3.05, 3.63) is 47.9 Å². The maximum absolute atomic E-state index is 5.61. The van der Waals surface area contributed by atoms with E-state index in [9.17, 15) is 0 Å². The third kappa shape index (κ3) is 3.94. The molecule has 0 N–H and O–H groups in total. The lowest BCUT2D eigenvalue weighted by Gasteiger charge is -2.04. The molecule has 3 nitrogen and oxygen atoms in total. The van der Waals surface area contributed by atoms with Crippen molar-refractivity contribution >= 4 is 0 Å². The molecule has 0 bridgehead atoms. The van der Waals surface area contributed by atoms with Crippen LogP contribution in [-0.2, 0) is 6.42 Å². The molecule has 0 aliphatic heterocycles. The summed E-state index contributed by atoms with van der Waals surface area (Å²) >= 11 is 0.